The second kappa shape index (κ2) is 10.7. The van der Waals surface area contributed by atoms with Crippen LogP contribution in [0.2, 0.25) is 0 Å². The van der Waals surface area contributed by atoms with E-state index < -0.39 is 0 Å². The lowest BCUT2D eigenvalue weighted by atomic mass is 10.4. The molecule has 74 valence electrons. The maximum atomic E-state index is 9.82. The van der Waals surface area contributed by atoms with Gasteiger partial charge in [0.15, 0.2) is 0 Å². The fraction of sp³-hybridized carbons (Fsp3) is 0.300. The van der Waals surface area contributed by atoms with Crippen molar-refractivity contribution in [2.45, 2.75) is 13.8 Å². The van der Waals surface area contributed by atoms with Gasteiger partial charge in [-0.05, 0) is 6.92 Å². The van der Waals surface area contributed by atoms with Crippen LogP contribution in [0.3, 0.4) is 0 Å². The molecule has 0 radical (unpaired) electrons. The molecule has 0 saturated heterocycles. The third-order valence-corrected chi connectivity index (χ3v) is 1.01. The van der Waals surface area contributed by atoms with E-state index in [1.54, 1.807) is 6.92 Å². The minimum atomic E-state index is -0.211. The molecule has 13 heavy (non-hydrogen) atoms. The largest absolute Gasteiger partial charge is 0.466 e. The zero-order chi connectivity index (χ0) is 9.23. The summed E-state index contributed by atoms with van der Waals surface area (Å²) in [4.78, 5) is 9.82. The van der Waals surface area contributed by atoms with Gasteiger partial charge in [0.25, 0.3) is 0 Å². The molecule has 0 saturated carbocycles. The highest BCUT2D eigenvalue weighted by Crippen LogP contribution is 1.79. The molecular weight excluding hydrogens is 168 g/mol. The monoisotopic (exact) mass is 184 g/mol. The molecule has 1 aromatic rings. The van der Waals surface area contributed by atoms with Crippen LogP contribution >= 0.6 is 0 Å². The normalized spacial score (nSPS) is 7.23. The summed E-state index contributed by atoms with van der Waals surface area (Å²) >= 11 is 0. The summed E-state index contributed by atoms with van der Waals surface area (Å²) in [5.74, 6) is -0.211. The van der Waals surface area contributed by atoms with Crippen LogP contribution in [0.1, 0.15) is 13.8 Å². The maximum absolute atomic E-state index is 9.82. The van der Waals surface area contributed by atoms with Crippen molar-refractivity contribution < 1.29 is 15.0 Å². The number of carbonyl (C=O) groups excluding carboxylic acids is 1. The summed E-state index contributed by atoms with van der Waals surface area (Å²) in [6.07, 6.45) is 0. The summed E-state index contributed by atoms with van der Waals surface area (Å²) in [5, 5.41) is 0. The van der Waals surface area contributed by atoms with Crippen LogP contribution in [-0.4, -0.2) is 18.1 Å². The molecule has 0 aromatic heterocycles. The van der Waals surface area contributed by atoms with E-state index in [0.717, 1.165) is 0 Å². The van der Waals surface area contributed by atoms with Gasteiger partial charge in [-0.3, -0.25) is 4.79 Å². The molecule has 2 N–H and O–H groups in total. The number of hydrogen-bond acceptors (Lipinski definition) is 2. The molecule has 0 amide bonds. The molecule has 0 fully saturated rings. The molecule has 0 unspecified atom stereocenters. The molecule has 0 heterocycles. The van der Waals surface area contributed by atoms with Crippen LogP contribution in [0.5, 0.6) is 0 Å². The fourth-order valence-corrected chi connectivity index (χ4v) is 0.588. The van der Waals surface area contributed by atoms with E-state index in [9.17, 15) is 4.79 Å². The molecule has 1 aromatic carbocycles. The fourth-order valence-electron chi connectivity index (χ4n) is 0.588. The highest BCUT2D eigenvalue weighted by Gasteiger charge is 1.81. The predicted octanol–water partition coefficient (Wildman–Crippen LogP) is 1.43. The maximum Gasteiger partial charge on any atom is 0.302 e. The van der Waals surface area contributed by atoms with Crippen molar-refractivity contribution in [3.05, 3.63) is 36.4 Å². The zero-order valence-corrected chi connectivity index (χ0v) is 7.99. The van der Waals surface area contributed by atoms with Crippen LogP contribution in [0.25, 0.3) is 0 Å². The van der Waals surface area contributed by atoms with Crippen LogP contribution in [-0.2, 0) is 9.53 Å². The van der Waals surface area contributed by atoms with Crippen LogP contribution < -0.4 is 0 Å². The number of hydrogen-bond donors (Lipinski definition) is 0. The Morgan fingerprint density at radius 3 is 1.46 bits per heavy atom. The van der Waals surface area contributed by atoms with Gasteiger partial charge in [0.05, 0.1) is 6.61 Å². The van der Waals surface area contributed by atoms with Crippen molar-refractivity contribution in [1.82, 2.24) is 0 Å². The molecule has 0 aliphatic carbocycles. The van der Waals surface area contributed by atoms with Gasteiger partial charge in [-0.1, -0.05) is 36.4 Å². The summed E-state index contributed by atoms with van der Waals surface area (Å²) < 4.78 is 4.40. The van der Waals surface area contributed by atoms with E-state index in [4.69, 9.17) is 0 Å². The first-order chi connectivity index (χ1) is 5.77. The lowest BCUT2D eigenvalue weighted by Crippen LogP contribution is -1.95. The van der Waals surface area contributed by atoms with E-state index in [-0.39, 0.29) is 11.4 Å². The van der Waals surface area contributed by atoms with E-state index in [1.807, 2.05) is 36.4 Å². The van der Waals surface area contributed by atoms with Gasteiger partial charge in [0, 0.05) is 6.92 Å². The molecule has 0 bridgehead atoms. The molecule has 0 spiro atoms. The molecule has 1 rings (SSSR count). The molecule has 3 nitrogen and oxygen atoms in total. The van der Waals surface area contributed by atoms with Gasteiger partial charge in [0.1, 0.15) is 0 Å². The Labute approximate surface area is 78.7 Å². The Morgan fingerprint density at radius 1 is 1.08 bits per heavy atom. The first-order valence-corrected chi connectivity index (χ1v) is 3.90. The number of carbonyl (C=O) groups is 1. The van der Waals surface area contributed by atoms with Crippen molar-refractivity contribution in [2.24, 2.45) is 0 Å². The smallest absolute Gasteiger partial charge is 0.302 e. The number of rotatable bonds is 1. The van der Waals surface area contributed by atoms with Gasteiger partial charge in [0.2, 0.25) is 0 Å². The standard InChI is InChI=1S/C6H6.C4H8O2.H2O/c1-2-4-6-5-3-1;1-3-6-4(2)5;/h1-6H;3H2,1-2H3;1H2. The number of esters is 1. The van der Waals surface area contributed by atoms with Crippen LogP contribution in [0, 0.1) is 0 Å². The van der Waals surface area contributed by atoms with Gasteiger partial charge in [-0.15, -0.1) is 0 Å². The van der Waals surface area contributed by atoms with E-state index in [2.05, 4.69) is 4.74 Å². The summed E-state index contributed by atoms with van der Waals surface area (Å²) in [5.41, 5.74) is 0. The highest BCUT2D eigenvalue weighted by atomic mass is 16.5. The third kappa shape index (κ3) is 13.6. The Morgan fingerprint density at radius 2 is 1.38 bits per heavy atom. The highest BCUT2D eigenvalue weighted by molar-refractivity contribution is 5.65. The Bertz CT molecular complexity index is 170. The molecular formula is C10H16O3. The van der Waals surface area contributed by atoms with Crippen LogP contribution in [0.4, 0.5) is 0 Å². The number of benzene rings is 1. The van der Waals surface area contributed by atoms with E-state index in [1.165, 1.54) is 6.92 Å². The lowest BCUT2D eigenvalue weighted by molar-refractivity contribution is -0.140. The minimum Gasteiger partial charge on any atom is -0.466 e. The van der Waals surface area contributed by atoms with Crippen molar-refractivity contribution in [3.63, 3.8) is 0 Å². The predicted molar refractivity (Wildman–Crippen MR) is 52.4 cm³/mol. The molecule has 3 heteroatoms. The Balaban J connectivity index is 0. The first kappa shape index (κ1) is 14.2. The summed E-state index contributed by atoms with van der Waals surface area (Å²) in [6.45, 7) is 3.65. The van der Waals surface area contributed by atoms with Gasteiger partial charge in [-0.25, -0.2) is 0 Å². The van der Waals surface area contributed by atoms with Crippen LogP contribution in [0.15, 0.2) is 36.4 Å². The SMILES string of the molecule is CCOC(C)=O.O.c1ccccc1. The summed E-state index contributed by atoms with van der Waals surface area (Å²) in [6, 6.07) is 12.0. The zero-order valence-electron chi connectivity index (χ0n) is 7.99. The quantitative estimate of drug-likeness (QED) is 0.620. The number of ether oxygens (including phenoxy) is 1. The van der Waals surface area contributed by atoms with E-state index in [0.29, 0.717) is 6.61 Å². The van der Waals surface area contributed by atoms with E-state index >= 15 is 0 Å². The first-order valence-electron chi connectivity index (χ1n) is 3.90. The van der Waals surface area contributed by atoms with Crippen molar-refractivity contribution in [1.29, 1.82) is 0 Å². The van der Waals surface area contributed by atoms with Crippen molar-refractivity contribution >= 4 is 5.97 Å². The minimum absolute atomic E-state index is 0. The Kier molecular flexibility index (Phi) is 11.6. The molecule has 0 aliphatic rings. The lowest BCUT2D eigenvalue weighted by Gasteiger charge is -1.89. The average molecular weight is 184 g/mol. The molecule has 0 aliphatic heterocycles. The van der Waals surface area contributed by atoms with Crippen molar-refractivity contribution in [3.8, 4) is 0 Å². The topological polar surface area (TPSA) is 57.8 Å². The van der Waals surface area contributed by atoms with Gasteiger partial charge >= 0.3 is 5.97 Å². The average Bonchev–Trinajstić information content (AvgIpc) is 2.08. The second-order valence-corrected chi connectivity index (χ2v) is 2.08. The third-order valence-electron chi connectivity index (χ3n) is 1.01. The van der Waals surface area contributed by atoms with Gasteiger partial charge in [-0.2, -0.15) is 0 Å². The second-order valence-electron chi connectivity index (χ2n) is 2.08. The molecule has 0 atom stereocenters. The Hall–Kier alpha value is -1.35. The van der Waals surface area contributed by atoms with Crippen molar-refractivity contribution in [2.75, 3.05) is 6.61 Å². The van der Waals surface area contributed by atoms with Gasteiger partial charge < -0.3 is 10.2 Å². The summed E-state index contributed by atoms with van der Waals surface area (Å²) in [7, 11) is 0.